The van der Waals surface area contributed by atoms with E-state index >= 15 is 0 Å². The Balaban J connectivity index is 1.78. The first-order valence-electron chi connectivity index (χ1n) is 7.86. The Morgan fingerprint density at radius 1 is 1.16 bits per heavy atom. The number of sulfone groups is 1. The first-order chi connectivity index (χ1) is 11.9. The summed E-state index contributed by atoms with van der Waals surface area (Å²) >= 11 is 0. The molecule has 3 rings (SSSR count). The molecule has 0 saturated carbocycles. The number of aryl methyl sites for hydroxylation is 2. The molecule has 1 aliphatic rings. The lowest BCUT2D eigenvalue weighted by atomic mass is 10.1. The number of amides is 1. The highest BCUT2D eigenvalue weighted by molar-refractivity contribution is 7.91. The molecular formula is C16H19N3O5S. The van der Waals surface area contributed by atoms with E-state index in [1.807, 2.05) is 26.0 Å². The zero-order chi connectivity index (χ0) is 18.0. The smallest absolute Gasteiger partial charge is 0.336 e. The van der Waals surface area contributed by atoms with E-state index in [0.717, 1.165) is 11.1 Å². The van der Waals surface area contributed by atoms with Crippen LogP contribution in [0.1, 0.15) is 11.1 Å². The molecule has 1 saturated heterocycles. The van der Waals surface area contributed by atoms with Gasteiger partial charge >= 0.3 is 5.22 Å². The summed E-state index contributed by atoms with van der Waals surface area (Å²) in [6.45, 7) is 5.48. The summed E-state index contributed by atoms with van der Waals surface area (Å²) in [6.07, 6.45) is 0. The number of carbonyl (C=O) groups is 1. The SMILES string of the molecule is Cc1ccc(-c2nnc(S(=O)(=O)CC(=O)N3CCOCC3)o2)cc1C. The van der Waals surface area contributed by atoms with Crippen molar-refractivity contribution in [1.82, 2.24) is 15.1 Å². The van der Waals surface area contributed by atoms with Crippen molar-refractivity contribution in [2.75, 3.05) is 32.1 Å². The van der Waals surface area contributed by atoms with Crippen LogP contribution in [0.25, 0.3) is 11.5 Å². The van der Waals surface area contributed by atoms with Crippen LogP contribution in [0.4, 0.5) is 0 Å². The summed E-state index contributed by atoms with van der Waals surface area (Å²) in [6, 6.07) is 5.52. The van der Waals surface area contributed by atoms with Crippen LogP contribution in [0, 0.1) is 13.8 Å². The molecule has 9 heteroatoms. The van der Waals surface area contributed by atoms with E-state index in [4.69, 9.17) is 9.15 Å². The second-order valence-electron chi connectivity index (χ2n) is 5.92. The Morgan fingerprint density at radius 3 is 2.56 bits per heavy atom. The lowest BCUT2D eigenvalue weighted by molar-refractivity contribution is -0.132. The Bertz CT molecular complexity index is 885. The van der Waals surface area contributed by atoms with Gasteiger partial charge in [-0.05, 0) is 37.1 Å². The van der Waals surface area contributed by atoms with Gasteiger partial charge in [-0.2, -0.15) is 0 Å². The molecule has 1 aromatic heterocycles. The van der Waals surface area contributed by atoms with Gasteiger partial charge in [0, 0.05) is 18.7 Å². The highest BCUT2D eigenvalue weighted by atomic mass is 32.2. The molecule has 8 nitrogen and oxygen atoms in total. The molecule has 0 bridgehead atoms. The number of aromatic nitrogens is 2. The van der Waals surface area contributed by atoms with Crippen LogP contribution < -0.4 is 0 Å². The van der Waals surface area contributed by atoms with Crippen LogP contribution >= 0.6 is 0 Å². The summed E-state index contributed by atoms with van der Waals surface area (Å²) in [4.78, 5) is 13.6. The van der Waals surface area contributed by atoms with Gasteiger partial charge in [0.1, 0.15) is 5.75 Å². The van der Waals surface area contributed by atoms with E-state index in [1.54, 1.807) is 6.07 Å². The minimum absolute atomic E-state index is 0.112. The van der Waals surface area contributed by atoms with Crippen molar-refractivity contribution >= 4 is 15.7 Å². The maximum Gasteiger partial charge on any atom is 0.336 e. The Labute approximate surface area is 145 Å². The number of rotatable bonds is 4. The lowest BCUT2D eigenvalue weighted by Gasteiger charge is -2.26. The molecule has 0 atom stereocenters. The highest BCUT2D eigenvalue weighted by Gasteiger charge is 2.29. The molecule has 0 aliphatic carbocycles. The van der Waals surface area contributed by atoms with Gasteiger partial charge in [-0.3, -0.25) is 4.79 Å². The number of hydrogen-bond donors (Lipinski definition) is 0. The molecular weight excluding hydrogens is 346 g/mol. The molecule has 0 N–H and O–H groups in total. The van der Waals surface area contributed by atoms with Gasteiger partial charge in [-0.25, -0.2) is 8.42 Å². The number of carbonyl (C=O) groups excluding carboxylic acids is 1. The van der Waals surface area contributed by atoms with Gasteiger partial charge < -0.3 is 14.1 Å². The minimum Gasteiger partial charge on any atom is -0.408 e. The minimum atomic E-state index is -3.99. The Hall–Kier alpha value is -2.26. The average Bonchev–Trinajstić information content (AvgIpc) is 3.09. The summed E-state index contributed by atoms with van der Waals surface area (Å²) in [5.41, 5.74) is 2.77. The number of morpholine rings is 1. The van der Waals surface area contributed by atoms with Crippen LogP contribution in [-0.2, 0) is 19.4 Å². The Morgan fingerprint density at radius 2 is 1.88 bits per heavy atom. The fraction of sp³-hybridized carbons (Fsp3) is 0.438. The van der Waals surface area contributed by atoms with Crippen molar-refractivity contribution < 1.29 is 22.4 Å². The van der Waals surface area contributed by atoms with E-state index in [9.17, 15) is 13.2 Å². The second kappa shape index (κ2) is 6.93. The van der Waals surface area contributed by atoms with Crippen molar-refractivity contribution in [2.45, 2.75) is 19.1 Å². The standard InChI is InChI=1S/C16H19N3O5S/c1-11-3-4-13(9-12(11)2)15-17-18-16(24-15)25(21,22)10-14(20)19-5-7-23-8-6-19/h3-4,9H,5-8,10H2,1-2H3. The third-order valence-electron chi connectivity index (χ3n) is 4.10. The summed E-state index contributed by atoms with van der Waals surface area (Å²) in [5.74, 6) is -1.07. The molecule has 1 amide bonds. The van der Waals surface area contributed by atoms with E-state index < -0.39 is 26.7 Å². The fourth-order valence-electron chi connectivity index (χ4n) is 2.45. The molecule has 1 aromatic carbocycles. The van der Waals surface area contributed by atoms with Crippen LogP contribution in [0.3, 0.4) is 0 Å². The Kier molecular flexibility index (Phi) is 4.87. The molecule has 25 heavy (non-hydrogen) atoms. The van der Waals surface area contributed by atoms with Crippen molar-refractivity contribution in [3.63, 3.8) is 0 Å². The van der Waals surface area contributed by atoms with Crippen LogP contribution in [0.2, 0.25) is 0 Å². The van der Waals surface area contributed by atoms with E-state index in [2.05, 4.69) is 10.2 Å². The largest absolute Gasteiger partial charge is 0.408 e. The highest BCUT2D eigenvalue weighted by Crippen LogP contribution is 2.23. The molecule has 2 aromatic rings. The third kappa shape index (κ3) is 3.88. The summed E-state index contributed by atoms with van der Waals surface area (Å²) < 4.78 is 35.2. The number of hydrogen-bond acceptors (Lipinski definition) is 7. The van der Waals surface area contributed by atoms with Crippen molar-refractivity contribution in [2.24, 2.45) is 0 Å². The van der Waals surface area contributed by atoms with Crippen LogP contribution in [-0.4, -0.2) is 61.5 Å². The van der Waals surface area contributed by atoms with Gasteiger partial charge in [-0.1, -0.05) is 11.2 Å². The molecule has 1 aliphatic heterocycles. The number of nitrogens with zero attached hydrogens (tertiary/aromatic N) is 3. The van der Waals surface area contributed by atoms with E-state index in [1.165, 1.54) is 4.90 Å². The van der Waals surface area contributed by atoms with Gasteiger partial charge in [-0.15, -0.1) is 5.10 Å². The van der Waals surface area contributed by atoms with Gasteiger partial charge in [0.25, 0.3) is 0 Å². The zero-order valence-corrected chi connectivity index (χ0v) is 14.9. The molecule has 1 fully saturated rings. The zero-order valence-electron chi connectivity index (χ0n) is 14.1. The molecule has 134 valence electrons. The third-order valence-corrected chi connectivity index (χ3v) is 5.43. The second-order valence-corrected chi connectivity index (χ2v) is 7.79. The van der Waals surface area contributed by atoms with Crippen molar-refractivity contribution in [1.29, 1.82) is 0 Å². The maximum atomic E-state index is 12.4. The van der Waals surface area contributed by atoms with Gasteiger partial charge in [0.05, 0.1) is 13.2 Å². The average molecular weight is 365 g/mol. The quantitative estimate of drug-likeness (QED) is 0.796. The normalized spacial score (nSPS) is 15.4. The van der Waals surface area contributed by atoms with E-state index in [0.29, 0.717) is 31.9 Å². The van der Waals surface area contributed by atoms with Crippen molar-refractivity contribution in [3.05, 3.63) is 29.3 Å². The first-order valence-corrected chi connectivity index (χ1v) is 9.51. The van der Waals surface area contributed by atoms with Crippen molar-refractivity contribution in [3.8, 4) is 11.5 Å². The van der Waals surface area contributed by atoms with Gasteiger partial charge in [0.15, 0.2) is 0 Å². The molecule has 0 radical (unpaired) electrons. The number of ether oxygens (including phenoxy) is 1. The monoisotopic (exact) mass is 365 g/mol. The molecule has 0 spiro atoms. The molecule has 2 heterocycles. The first kappa shape index (κ1) is 17.6. The predicted molar refractivity (Wildman–Crippen MR) is 88.7 cm³/mol. The number of benzene rings is 1. The van der Waals surface area contributed by atoms with E-state index in [-0.39, 0.29) is 5.89 Å². The fourth-order valence-corrected chi connectivity index (χ4v) is 3.46. The summed E-state index contributed by atoms with van der Waals surface area (Å²) in [7, 11) is -3.99. The van der Waals surface area contributed by atoms with Crippen LogP contribution in [0.15, 0.2) is 27.8 Å². The summed E-state index contributed by atoms with van der Waals surface area (Å²) in [5, 5.41) is 6.88. The lowest BCUT2D eigenvalue weighted by Crippen LogP contribution is -2.43. The topological polar surface area (TPSA) is 103 Å². The predicted octanol–water partition coefficient (Wildman–Crippen LogP) is 0.986. The van der Waals surface area contributed by atoms with Crippen LogP contribution in [0.5, 0.6) is 0 Å². The van der Waals surface area contributed by atoms with Gasteiger partial charge in [0.2, 0.25) is 21.6 Å². The molecule has 0 unspecified atom stereocenters. The maximum absolute atomic E-state index is 12.4.